The van der Waals surface area contributed by atoms with Crippen molar-refractivity contribution >= 4 is 27.7 Å². The van der Waals surface area contributed by atoms with Crippen LogP contribution in [-0.2, 0) is 16.1 Å². The maximum atomic E-state index is 12.3. The number of amides is 2. The summed E-state index contributed by atoms with van der Waals surface area (Å²) in [6.45, 7) is 0.407. The van der Waals surface area contributed by atoms with E-state index in [1.807, 2.05) is 24.3 Å². The van der Waals surface area contributed by atoms with Crippen LogP contribution >= 0.6 is 15.9 Å². The number of halogens is 1. The first-order chi connectivity index (χ1) is 9.16. The van der Waals surface area contributed by atoms with Crippen LogP contribution in [0.5, 0.6) is 0 Å². The first-order valence-corrected chi connectivity index (χ1v) is 7.56. The van der Waals surface area contributed by atoms with Gasteiger partial charge in [0.05, 0.1) is 18.4 Å². The summed E-state index contributed by atoms with van der Waals surface area (Å²) in [6, 6.07) is 7.78. The summed E-state index contributed by atoms with van der Waals surface area (Å²) in [5.41, 5.74) is 0.995. The smallest absolute Gasteiger partial charge is 0.233 e. The maximum absolute atomic E-state index is 12.3. The zero-order valence-corrected chi connectivity index (χ0v) is 12.2. The lowest BCUT2D eigenvalue weighted by Gasteiger charge is -2.19. The SMILES string of the molecule is O=C1C2CCCCC2C(=O)N1Cc1cccc(Br)c1. The molecule has 2 atom stereocenters. The van der Waals surface area contributed by atoms with Gasteiger partial charge in [-0.05, 0) is 30.5 Å². The van der Waals surface area contributed by atoms with E-state index in [-0.39, 0.29) is 23.7 Å². The monoisotopic (exact) mass is 321 g/mol. The van der Waals surface area contributed by atoms with Gasteiger partial charge in [0.15, 0.2) is 0 Å². The summed E-state index contributed by atoms with van der Waals surface area (Å²) in [5.74, 6) is -0.0221. The van der Waals surface area contributed by atoms with E-state index in [2.05, 4.69) is 15.9 Å². The van der Waals surface area contributed by atoms with Gasteiger partial charge in [0.25, 0.3) is 0 Å². The fraction of sp³-hybridized carbons (Fsp3) is 0.467. The van der Waals surface area contributed by atoms with E-state index in [0.29, 0.717) is 6.54 Å². The molecule has 1 saturated carbocycles. The van der Waals surface area contributed by atoms with Crippen molar-refractivity contribution in [2.45, 2.75) is 32.2 Å². The summed E-state index contributed by atoms with van der Waals surface area (Å²) >= 11 is 3.41. The molecule has 100 valence electrons. The molecular formula is C15H16BrNO2. The summed E-state index contributed by atoms with van der Waals surface area (Å²) in [6.07, 6.45) is 3.91. The molecule has 3 nitrogen and oxygen atoms in total. The number of imide groups is 1. The van der Waals surface area contributed by atoms with Crippen molar-refractivity contribution in [2.24, 2.45) is 11.8 Å². The lowest BCUT2D eigenvalue weighted by molar-refractivity contribution is -0.140. The van der Waals surface area contributed by atoms with Crippen LogP contribution in [0.1, 0.15) is 31.2 Å². The number of nitrogens with zero attached hydrogens (tertiary/aromatic N) is 1. The Morgan fingerprint density at radius 1 is 1.11 bits per heavy atom. The van der Waals surface area contributed by atoms with Gasteiger partial charge in [0, 0.05) is 4.47 Å². The van der Waals surface area contributed by atoms with Gasteiger partial charge in [-0.3, -0.25) is 14.5 Å². The van der Waals surface area contributed by atoms with Gasteiger partial charge in [-0.25, -0.2) is 0 Å². The lowest BCUT2D eigenvalue weighted by atomic mass is 9.81. The van der Waals surface area contributed by atoms with Crippen molar-refractivity contribution in [1.29, 1.82) is 0 Å². The van der Waals surface area contributed by atoms with E-state index in [1.54, 1.807) is 0 Å². The molecule has 1 aliphatic heterocycles. The van der Waals surface area contributed by atoms with Gasteiger partial charge in [0.2, 0.25) is 11.8 Å². The lowest BCUT2D eigenvalue weighted by Crippen LogP contribution is -2.30. The molecule has 0 aromatic heterocycles. The normalized spacial score (nSPS) is 26.7. The quantitative estimate of drug-likeness (QED) is 0.785. The van der Waals surface area contributed by atoms with Gasteiger partial charge in [-0.1, -0.05) is 40.9 Å². The number of fused-ring (bicyclic) bond motifs is 1. The number of hydrogen-bond acceptors (Lipinski definition) is 2. The molecule has 1 aromatic rings. The van der Waals surface area contributed by atoms with Crippen molar-refractivity contribution in [3.05, 3.63) is 34.3 Å². The maximum Gasteiger partial charge on any atom is 0.233 e. The second kappa shape index (κ2) is 5.08. The van der Waals surface area contributed by atoms with Crippen molar-refractivity contribution in [2.75, 3.05) is 0 Å². The Morgan fingerprint density at radius 3 is 2.32 bits per heavy atom. The van der Waals surface area contributed by atoms with Crippen molar-refractivity contribution in [1.82, 2.24) is 4.90 Å². The Kier molecular flexibility index (Phi) is 3.44. The third-order valence-corrected chi connectivity index (χ3v) is 4.66. The number of rotatable bonds is 2. The molecule has 4 heteroatoms. The number of benzene rings is 1. The molecule has 2 fully saturated rings. The van der Waals surface area contributed by atoms with E-state index in [4.69, 9.17) is 0 Å². The standard InChI is InChI=1S/C15H16BrNO2/c16-11-5-3-4-10(8-11)9-17-14(18)12-6-1-2-7-13(12)15(17)19/h3-5,8,12-13H,1-2,6-7,9H2. The van der Waals surface area contributed by atoms with Gasteiger partial charge < -0.3 is 0 Å². The molecule has 2 unspecified atom stereocenters. The molecule has 0 N–H and O–H groups in total. The van der Waals surface area contributed by atoms with Crippen LogP contribution < -0.4 is 0 Å². The van der Waals surface area contributed by atoms with Gasteiger partial charge >= 0.3 is 0 Å². The topological polar surface area (TPSA) is 37.4 Å². The average Bonchev–Trinajstić information content (AvgIpc) is 2.65. The molecule has 1 saturated heterocycles. The summed E-state index contributed by atoms with van der Waals surface area (Å²) in [5, 5.41) is 0. The summed E-state index contributed by atoms with van der Waals surface area (Å²) in [4.78, 5) is 26.1. The van der Waals surface area contributed by atoms with Crippen molar-refractivity contribution in [3.63, 3.8) is 0 Å². The Bertz CT molecular complexity index is 505. The van der Waals surface area contributed by atoms with Crippen molar-refractivity contribution in [3.8, 4) is 0 Å². The molecule has 1 aromatic carbocycles. The fourth-order valence-electron chi connectivity index (χ4n) is 3.20. The molecule has 1 heterocycles. The Labute approximate surface area is 121 Å². The molecule has 0 bridgehead atoms. The summed E-state index contributed by atoms with van der Waals surface area (Å²) < 4.78 is 0.974. The van der Waals surface area contributed by atoms with Crippen LogP contribution in [0, 0.1) is 11.8 Å². The van der Waals surface area contributed by atoms with Gasteiger partial charge in [-0.2, -0.15) is 0 Å². The van der Waals surface area contributed by atoms with Crippen LogP contribution in [0.15, 0.2) is 28.7 Å². The van der Waals surface area contributed by atoms with Crippen LogP contribution in [0.2, 0.25) is 0 Å². The van der Waals surface area contributed by atoms with Crippen LogP contribution in [0.25, 0.3) is 0 Å². The van der Waals surface area contributed by atoms with Crippen LogP contribution in [0.4, 0.5) is 0 Å². The number of carbonyl (C=O) groups excluding carboxylic acids is 2. The molecule has 1 aliphatic carbocycles. The predicted octanol–water partition coefficient (Wildman–Crippen LogP) is 3.12. The van der Waals surface area contributed by atoms with E-state index < -0.39 is 0 Å². The highest BCUT2D eigenvalue weighted by Crippen LogP contribution is 2.38. The molecule has 0 spiro atoms. The minimum atomic E-state index is -0.0478. The summed E-state index contributed by atoms with van der Waals surface area (Å²) in [7, 11) is 0. The molecule has 3 rings (SSSR count). The average molecular weight is 322 g/mol. The van der Waals surface area contributed by atoms with Gasteiger partial charge in [-0.15, -0.1) is 0 Å². The zero-order chi connectivity index (χ0) is 13.4. The largest absolute Gasteiger partial charge is 0.278 e. The highest BCUT2D eigenvalue weighted by Gasteiger charge is 2.47. The van der Waals surface area contributed by atoms with E-state index in [0.717, 1.165) is 35.7 Å². The van der Waals surface area contributed by atoms with Crippen LogP contribution in [-0.4, -0.2) is 16.7 Å². The van der Waals surface area contributed by atoms with Gasteiger partial charge in [0.1, 0.15) is 0 Å². The van der Waals surface area contributed by atoms with Crippen molar-refractivity contribution < 1.29 is 9.59 Å². The molecule has 2 aliphatic rings. The second-order valence-corrected chi connectivity index (χ2v) is 6.31. The number of carbonyl (C=O) groups is 2. The Balaban J connectivity index is 1.81. The zero-order valence-electron chi connectivity index (χ0n) is 10.6. The van der Waals surface area contributed by atoms with E-state index in [9.17, 15) is 9.59 Å². The van der Waals surface area contributed by atoms with E-state index in [1.165, 1.54) is 4.90 Å². The Morgan fingerprint density at radius 2 is 1.74 bits per heavy atom. The second-order valence-electron chi connectivity index (χ2n) is 5.39. The molecular weight excluding hydrogens is 306 g/mol. The Hall–Kier alpha value is -1.16. The number of hydrogen-bond donors (Lipinski definition) is 0. The van der Waals surface area contributed by atoms with Crippen LogP contribution in [0.3, 0.4) is 0 Å². The third kappa shape index (κ3) is 2.34. The first kappa shape index (κ1) is 12.9. The minimum absolute atomic E-state index is 0.0367. The molecule has 19 heavy (non-hydrogen) atoms. The third-order valence-electron chi connectivity index (χ3n) is 4.16. The first-order valence-electron chi connectivity index (χ1n) is 6.76. The van der Waals surface area contributed by atoms with E-state index >= 15 is 0 Å². The molecule has 0 radical (unpaired) electrons. The molecule has 2 amide bonds. The fourth-order valence-corrected chi connectivity index (χ4v) is 3.65. The highest BCUT2D eigenvalue weighted by molar-refractivity contribution is 9.10. The highest BCUT2D eigenvalue weighted by atomic mass is 79.9. The minimum Gasteiger partial charge on any atom is -0.278 e. The predicted molar refractivity (Wildman–Crippen MR) is 75.1 cm³/mol. The number of likely N-dealkylation sites (tertiary alicyclic amines) is 1.